The number of thioether (sulfide) groups is 1. The van der Waals surface area contributed by atoms with E-state index in [0.29, 0.717) is 17.0 Å². The molecule has 1 saturated heterocycles. The Morgan fingerprint density at radius 3 is 2.93 bits per heavy atom. The van der Waals surface area contributed by atoms with Gasteiger partial charge in [-0.1, -0.05) is 12.2 Å². The lowest BCUT2D eigenvalue weighted by Gasteiger charge is -2.24. The minimum atomic E-state index is -0.716. The first-order chi connectivity index (χ1) is 6.77. The molecule has 0 amide bonds. The maximum atomic E-state index is 10.7. The summed E-state index contributed by atoms with van der Waals surface area (Å²) < 4.78 is 0. The molecule has 3 nitrogen and oxygen atoms in total. The normalized spacial score (nSPS) is 37.3. The Labute approximate surface area is 88.0 Å². The molecule has 1 aliphatic carbocycles. The summed E-state index contributed by atoms with van der Waals surface area (Å²) in [7, 11) is 0. The Bertz CT molecular complexity index is 255. The molecule has 0 saturated carbocycles. The van der Waals surface area contributed by atoms with Crippen LogP contribution in [0.1, 0.15) is 19.3 Å². The van der Waals surface area contributed by atoms with Crippen molar-refractivity contribution in [3.8, 4) is 0 Å². The summed E-state index contributed by atoms with van der Waals surface area (Å²) in [6.45, 7) is 0. The summed E-state index contributed by atoms with van der Waals surface area (Å²) in [5, 5.41) is 12.4. The van der Waals surface area contributed by atoms with E-state index in [1.165, 1.54) is 6.42 Å². The van der Waals surface area contributed by atoms with Crippen LogP contribution in [0.5, 0.6) is 0 Å². The van der Waals surface area contributed by atoms with Gasteiger partial charge in [-0.25, -0.2) is 0 Å². The molecule has 4 heteroatoms. The van der Waals surface area contributed by atoms with Crippen LogP contribution >= 0.6 is 11.8 Å². The van der Waals surface area contributed by atoms with Gasteiger partial charge in [-0.15, -0.1) is 11.8 Å². The Hall–Kier alpha value is -0.480. The highest BCUT2D eigenvalue weighted by atomic mass is 32.2. The summed E-state index contributed by atoms with van der Waals surface area (Å²) >= 11 is 1.76. The van der Waals surface area contributed by atoms with Gasteiger partial charge in [0.15, 0.2) is 0 Å². The maximum Gasteiger partial charge on any atom is 0.321 e. The minimum absolute atomic E-state index is 0.337. The number of hydrogen-bond donors (Lipinski definition) is 2. The summed E-state index contributed by atoms with van der Waals surface area (Å²) in [6, 6.07) is -0.337. The Morgan fingerprint density at radius 1 is 1.50 bits per heavy atom. The molecule has 2 rings (SSSR count). The van der Waals surface area contributed by atoms with Gasteiger partial charge in [0.2, 0.25) is 0 Å². The van der Waals surface area contributed by atoms with Crippen molar-refractivity contribution in [2.75, 3.05) is 5.75 Å². The van der Waals surface area contributed by atoms with E-state index < -0.39 is 5.97 Å². The zero-order chi connectivity index (χ0) is 9.97. The molecule has 0 aromatic rings. The third-order valence-corrected chi connectivity index (χ3v) is 4.25. The van der Waals surface area contributed by atoms with E-state index >= 15 is 0 Å². The standard InChI is InChI=1S/C10H15NO2S/c12-10(13)8-6-14-9(11-8)7-4-2-1-3-5-7/h1-2,7-9,11H,3-6H2,(H,12,13)/t7-,8+,9-/m0/s1. The fourth-order valence-electron chi connectivity index (χ4n) is 2.00. The number of carbonyl (C=O) groups is 1. The highest BCUT2D eigenvalue weighted by Gasteiger charge is 2.33. The van der Waals surface area contributed by atoms with Crippen molar-refractivity contribution < 1.29 is 9.90 Å². The van der Waals surface area contributed by atoms with Crippen molar-refractivity contribution in [2.45, 2.75) is 30.7 Å². The zero-order valence-electron chi connectivity index (χ0n) is 7.98. The molecule has 0 bridgehead atoms. The lowest BCUT2D eigenvalue weighted by molar-refractivity contribution is -0.138. The van der Waals surface area contributed by atoms with Gasteiger partial charge < -0.3 is 5.11 Å². The first-order valence-corrected chi connectivity index (χ1v) is 6.07. The van der Waals surface area contributed by atoms with E-state index in [4.69, 9.17) is 5.11 Å². The van der Waals surface area contributed by atoms with E-state index in [1.54, 1.807) is 11.8 Å². The van der Waals surface area contributed by atoms with Gasteiger partial charge in [-0.3, -0.25) is 10.1 Å². The number of aliphatic carboxylic acids is 1. The van der Waals surface area contributed by atoms with Crippen LogP contribution in [0.4, 0.5) is 0 Å². The van der Waals surface area contributed by atoms with Gasteiger partial charge in [-0.2, -0.15) is 0 Å². The number of carboxylic acid groups (broad SMARTS) is 1. The van der Waals surface area contributed by atoms with Crippen molar-refractivity contribution in [1.29, 1.82) is 0 Å². The summed E-state index contributed by atoms with van der Waals surface area (Å²) in [4.78, 5) is 10.7. The monoisotopic (exact) mass is 213 g/mol. The van der Waals surface area contributed by atoms with Crippen LogP contribution in [0.15, 0.2) is 12.2 Å². The van der Waals surface area contributed by atoms with E-state index in [0.717, 1.165) is 12.8 Å². The number of hydrogen-bond acceptors (Lipinski definition) is 3. The van der Waals surface area contributed by atoms with Crippen LogP contribution in [-0.2, 0) is 4.79 Å². The fraction of sp³-hybridized carbons (Fsp3) is 0.700. The Balaban J connectivity index is 1.88. The molecule has 0 aromatic carbocycles. The van der Waals surface area contributed by atoms with Gasteiger partial charge in [0.1, 0.15) is 6.04 Å². The predicted molar refractivity (Wildman–Crippen MR) is 57.3 cm³/mol. The highest BCUT2D eigenvalue weighted by Crippen LogP contribution is 2.32. The molecule has 3 atom stereocenters. The van der Waals surface area contributed by atoms with Crippen molar-refractivity contribution in [2.24, 2.45) is 5.92 Å². The Morgan fingerprint density at radius 2 is 2.36 bits per heavy atom. The molecule has 0 spiro atoms. The molecule has 1 aliphatic heterocycles. The predicted octanol–water partition coefficient (Wildman–Crippen LogP) is 1.46. The highest BCUT2D eigenvalue weighted by molar-refractivity contribution is 8.00. The SMILES string of the molecule is O=C(O)[C@H]1CS[C@@H]([C@H]2CC=CCC2)N1. The number of carboxylic acids is 1. The molecule has 2 aliphatic rings. The van der Waals surface area contributed by atoms with Gasteiger partial charge in [0.25, 0.3) is 0 Å². The van der Waals surface area contributed by atoms with Crippen LogP contribution in [0.2, 0.25) is 0 Å². The van der Waals surface area contributed by atoms with Crippen LogP contribution in [0.3, 0.4) is 0 Å². The second-order valence-corrected chi connectivity index (χ2v) is 5.03. The molecule has 78 valence electrons. The fourth-order valence-corrected chi connectivity index (χ4v) is 3.42. The number of allylic oxidation sites excluding steroid dienone is 2. The third-order valence-electron chi connectivity index (χ3n) is 2.84. The van der Waals surface area contributed by atoms with Gasteiger partial charge in [0, 0.05) is 5.75 Å². The third kappa shape index (κ3) is 2.12. The van der Waals surface area contributed by atoms with Crippen LogP contribution < -0.4 is 5.32 Å². The molecule has 0 aromatic heterocycles. The van der Waals surface area contributed by atoms with Gasteiger partial charge >= 0.3 is 5.97 Å². The molecular formula is C10H15NO2S. The lowest BCUT2D eigenvalue weighted by atomic mass is 9.94. The van der Waals surface area contributed by atoms with Crippen LogP contribution in [0.25, 0.3) is 0 Å². The maximum absolute atomic E-state index is 10.7. The van der Waals surface area contributed by atoms with E-state index in [9.17, 15) is 4.79 Å². The summed E-state index contributed by atoms with van der Waals surface area (Å²) in [5.74, 6) is 0.612. The first-order valence-electron chi connectivity index (χ1n) is 5.03. The smallest absolute Gasteiger partial charge is 0.321 e. The van der Waals surface area contributed by atoms with E-state index in [1.807, 2.05) is 0 Å². The number of nitrogens with one attached hydrogen (secondary N) is 1. The second kappa shape index (κ2) is 4.36. The van der Waals surface area contributed by atoms with Crippen molar-refractivity contribution in [1.82, 2.24) is 5.32 Å². The Kier molecular flexibility index (Phi) is 3.13. The van der Waals surface area contributed by atoms with Crippen molar-refractivity contribution in [3.63, 3.8) is 0 Å². The second-order valence-electron chi connectivity index (χ2n) is 3.86. The van der Waals surface area contributed by atoms with Crippen LogP contribution in [0, 0.1) is 5.92 Å². The molecule has 2 N–H and O–H groups in total. The molecule has 14 heavy (non-hydrogen) atoms. The minimum Gasteiger partial charge on any atom is -0.480 e. The summed E-state index contributed by atoms with van der Waals surface area (Å²) in [5.41, 5.74) is 0. The summed E-state index contributed by atoms with van der Waals surface area (Å²) in [6.07, 6.45) is 7.85. The molecule has 0 radical (unpaired) electrons. The van der Waals surface area contributed by atoms with Crippen molar-refractivity contribution >= 4 is 17.7 Å². The van der Waals surface area contributed by atoms with Gasteiger partial charge in [-0.05, 0) is 25.2 Å². The van der Waals surface area contributed by atoms with Crippen LogP contribution in [-0.4, -0.2) is 28.2 Å². The molecule has 0 unspecified atom stereocenters. The topological polar surface area (TPSA) is 49.3 Å². The van der Waals surface area contributed by atoms with E-state index in [2.05, 4.69) is 17.5 Å². The molecule has 1 heterocycles. The van der Waals surface area contributed by atoms with Gasteiger partial charge in [0.05, 0.1) is 5.37 Å². The van der Waals surface area contributed by atoms with Crippen molar-refractivity contribution in [3.05, 3.63) is 12.2 Å². The molecular weight excluding hydrogens is 198 g/mol. The first kappa shape index (κ1) is 10.1. The average Bonchev–Trinajstić information content (AvgIpc) is 2.68. The molecule has 1 fully saturated rings. The quantitative estimate of drug-likeness (QED) is 0.682. The zero-order valence-corrected chi connectivity index (χ0v) is 8.80. The average molecular weight is 213 g/mol. The lowest BCUT2D eigenvalue weighted by Crippen LogP contribution is -2.39. The number of rotatable bonds is 2. The largest absolute Gasteiger partial charge is 0.480 e. The van der Waals surface area contributed by atoms with E-state index in [-0.39, 0.29) is 6.04 Å².